The third kappa shape index (κ3) is 3.08. The summed E-state index contributed by atoms with van der Waals surface area (Å²) in [5, 5.41) is 2.94. The van der Waals surface area contributed by atoms with Crippen LogP contribution in [0.25, 0.3) is 0 Å². The van der Waals surface area contributed by atoms with Gasteiger partial charge in [-0.2, -0.15) is 0 Å². The van der Waals surface area contributed by atoms with Gasteiger partial charge in [-0.25, -0.2) is 4.99 Å². The van der Waals surface area contributed by atoms with Crippen LogP contribution in [0.2, 0.25) is 0 Å². The maximum absolute atomic E-state index is 5.63. The Morgan fingerprint density at radius 3 is 3.00 bits per heavy atom. The van der Waals surface area contributed by atoms with Crippen molar-refractivity contribution < 1.29 is 4.74 Å². The summed E-state index contributed by atoms with van der Waals surface area (Å²) in [5.41, 5.74) is 18.3. The summed E-state index contributed by atoms with van der Waals surface area (Å²) in [6.07, 6.45) is 1.25. The molecule has 0 atom stereocenters. The summed E-state index contributed by atoms with van der Waals surface area (Å²) in [5.74, 6) is 1.14. The van der Waals surface area contributed by atoms with Gasteiger partial charge in [0.25, 0.3) is 0 Å². The molecule has 0 amide bonds. The number of fused-ring (bicyclic) bond motifs is 1. The molecular formula is C11H17N5O. The normalized spacial score (nSPS) is 15.4. The Hall–Kier alpha value is -1.79. The fourth-order valence-electron chi connectivity index (χ4n) is 1.78. The summed E-state index contributed by atoms with van der Waals surface area (Å²) >= 11 is 0. The second kappa shape index (κ2) is 5.03. The molecule has 0 spiro atoms. The van der Waals surface area contributed by atoms with Gasteiger partial charge in [0.2, 0.25) is 0 Å². The Kier molecular flexibility index (Phi) is 3.46. The van der Waals surface area contributed by atoms with Crippen LogP contribution >= 0.6 is 0 Å². The third-order valence-electron chi connectivity index (χ3n) is 2.47. The first-order valence-electron chi connectivity index (χ1n) is 5.52. The lowest BCUT2D eigenvalue weighted by Crippen LogP contribution is -2.34. The van der Waals surface area contributed by atoms with Crippen LogP contribution < -0.4 is 27.3 Å². The summed E-state index contributed by atoms with van der Waals surface area (Å²) in [7, 11) is 0. The van der Waals surface area contributed by atoms with E-state index in [0.29, 0.717) is 0 Å². The number of nitrogens with one attached hydrogen (secondary N) is 1. The van der Waals surface area contributed by atoms with Crippen LogP contribution in [0.15, 0.2) is 23.2 Å². The van der Waals surface area contributed by atoms with E-state index >= 15 is 0 Å². The molecule has 6 nitrogen and oxygen atoms in total. The molecule has 0 aromatic heterocycles. The minimum absolute atomic E-state index is 0.205. The largest absolute Gasteiger partial charge is 0.493 e. The topological polar surface area (TPSA) is 112 Å². The third-order valence-corrected chi connectivity index (χ3v) is 2.47. The number of guanidine groups is 1. The highest BCUT2D eigenvalue weighted by atomic mass is 16.5. The highest BCUT2D eigenvalue weighted by Gasteiger charge is 2.10. The van der Waals surface area contributed by atoms with E-state index in [-0.39, 0.29) is 5.96 Å². The van der Waals surface area contributed by atoms with E-state index in [1.54, 1.807) is 0 Å². The molecule has 7 N–H and O–H groups in total. The van der Waals surface area contributed by atoms with E-state index < -0.39 is 6.29 Å². The molecule has 0 aliphatic carbocycles. The van der Waals surface area contributed by atoms with E-state index in [2.05, 4.69) is 10.3 Å². The molecule has 0 bridgehead atoms. The second-order valence-electron chi connectivity index (χ2n) is 3.90. The Balaban J connectivity index is 2.12. The van der Waals surface area contributed by atoms with E-state index in [1.165, 1.54) is 5.56 Å². The minimum Gasteiger partial charge on any atom is -0.493 e. The molecule has 1 aromatic rings. The second-order valence-corrected chi connectivity index (χ2v) is 3.90. The maximum Gasteiger partial charge on any atom is 0.195 e. The molecule has 1 aromatic carbocycles. The lowest BCUT2D eigenvalue weighted by Gasteiger charge is -2.18. The number of rotatable bonds is 2. The quantitative estimate of drug-likeness (QED) is 0.326. The van der Waals surface area contributed by atoms with Crippen molar-refractivity contribution >= 4 is 11.6 Å². The highest BCUT2D eigenvalue weighted by Crippen LogP contribution is 2.27. The van der Waals surface area contributed by atoms with Crippen molar-refractivity contribution in [2.24, 2.45) is 22.2 Å². The van der Waals surface area contributed by atoms with Gasteiger partial charge in [-0.15, -0.1) is 0 Å². The van der Waals surface area contributed by atoms with Gasteiger partial charge in [0, 0.05) is 5.69 Å². The standard InChI is InChI=1S/C11H17N5O/c12-10(13)16-11(14)15-8-3-4-9-7(6-8)2-1-5-17-9/h3-4,6,10H,1-2,5,12-13H2,(H3,14,15,16). The van der Waals surface area contributed by atoms with Gasteiger partial charge < -0.3 is 15.8 Å². The zero-order valence-electron chi connectivity index (χ0n) is 9.52. The smallest absolute Gasteiger partial charge is 0.195 e. The molecule has 0 saturated carbocycles. The van der Waals surface area contributed by atoms with Gasteiger partial charge in [-0.1, -0.05) is 0 Å². The van der Waals surface area contributed by atoms with Gasteiger partial charge in [-0.3, -0.25) is 11.5 Å². The van der Waals surface area contributed by atoms with Crippen LogP contribution in [0.5, 0.6) is 5.75 Å². The fourth-order valence-corrected chi connectivity index (χ4v) is 1.78. The van der Waals surface area contributed by atoms with E-state index in [1.807, 2.05) is 18.2 Å². The van der Waals surface area contributed by atoms with Crippen molar-refractivity contribution in [3.63, 3.8) is 0 Å². The number of hydrogen-bond acceptors (Lipinski definition) is 4. The lowest BCUT2D eigenvalue weighted by atomic mass is 10.1. The first-order chi connectivity index (χ1) is 8.15. The highest BCUT2D eigenvalue weighted by molar-refractivity contribution is 5.92. The molecule has 1 heterocycles. The summed E-state index contributed by atoms with van der Waals surface area (Å²) in [4.78, 5) is 3.79. The molecule has 2 rings (SSSR count). The summed E-state index contributed by atoms with van der Waals surface area (Å²) in [6.45, 7) is 0.783. The average molecular weight is 235 g/mol. The molecule has 0 saturated heterocycles. The van der Waals surface area contributed by atoms with E-state index in [4.69, 9.17) is 21.9 Å². The van der Waals surface area contributed by atoms with E-state index in [9.17, 15) is 0 Å². The average Bonchev–Trinajstić information content (AvgIpc) is 2.27. The van der Waals surface area contributed by atoms with Crippen molar-refractivity contribution in [1.29, 1.82) is 0 Å². The number of aliphatic imine (C=N–C) groups is 1. The number of nitrogens with zero attached hydrogens (tertiary/aromatic N) is 1. The number of benzene rings is 1. The number of aryl methyl sites for hydroxylation is 1. The summed E-state index contributed by atoms with van der Waals surface area (Å²) < 4.78 is 5.52. The van der Waals surface area contributed by atoms with Crippen molar-refractivity contribution in [2.75, 3.05) is 11.9 Å². The number of nitrogens with two attached hydrogens (primary N) is 3. The van der Waals surface area contributed by atoms with Crippen molar-refractivity contribution in [2.45, 2.75) is 19.1 Å². The first-order valence-corrected chi connectivity index (χ1v) is 5.52. The van der Waals surface area contributed by atoms with Gasteiger partial charge in [0.15, 0.2) is 12.2 Å². The maximum atomic E-state index is 5.63. The van der Waals surface area contributed by atoms with Gasteiger partial charge in [0.1, 0.15) is 5.75 Å². The van der Waals surface area contributed by atoms with Crippen LogP contribution in [-0.4, -0.2) is 18.9 Å². The molecule has 92 valence electrons. The predicted molar refractivity (Wildman–Crippen MR) is 67.7 cm³/mol. The van der Waals surface area contributed by atoms with Crippen LogP contribution in [0.4, 0.5) is 5.69 Å². The molecule has 0 fully saturated rings. The van der Waals surface area contributed by atoms with Gasteiger partial charge >= 0.3 is 0 Å². The summed E-state index contributed by atoms with van der Waals surface area (Å²) in [6, 6.07) is 5.81. The Bertz CT molecular complexity index is 430. The molecule has 1 aliphatic heterocycles. The Labute approximate surface area is 99.8 Å². The molecule has 6 heteroatoms. The van der Waals surface area contributed by atoms with Crippen molar-refractivity contribution in [3.05, 3.63) is 23.8 Å². The van der Waals surface area contributed by atoms with E-state index in [0.717, 1.165) is 30.9 Å². The number of anilines is 1. The number of ether oxygens (including phenoxy) is 1. The molecule has 1 aliphatic rings. The van der Waals surface area contributed by atoms with Gasteiger partial charge in [0.05, 0.1) is 6.61 Å². The predicted octanol–water partition coefficient (Wildman–Crippen LogP) is -0.0608. The Morgan fingerprint density at radius 1 is 1.41 bits per heavy atom. The molecule has 17 heavy (non-hydrogen) atoms. The van der Waals surface area contributed by atoms with Crippen molar-refractivity contribution in [3.8, 4) is 5.75 Å². The van der Waals surface area contributed by atoms with Crippen LogP contribution in [-0.2, 0) is 6.42 Å². The van der Waals surface area contributed by atoms with Crippen LogP contribution in [0.1, 0.15) is 12.0 Å². The SMILES string of the molecule is N/C(=N\C(N)N)Nc1ccc2c(c1)CCCO2. The zero-order valence-corrected chi connectivity index (χ0v) is 9.52. The van der Waals surface area contributed by atoms with Crippen molar-refractivity contribution in [1.82, 2.24) is 0 Å². The molecule has 0 radical (unpaired) electrons. The fraction of sp³-hybridized carbons (Fsp3) is 0.364. The van der Waals surface area contributed by atoms with Crippen LogP contribution in [0.3, 0.4) is 0 Å². The molecular weight excluding hydrogens is 218 g/mol. The monoisotopic (exact) mass is 235 g/mol. The Morgan fingerprint density at radius 2 is 2.24 bits per heavy atom. The molecule has 0 unspecified atom stereocenters. The van der Waals surface area contributed by atoms with Gasteiger partial charge in [-0.05, 0) is 36.6 Å². The minimum atomic E-state index is -0.802. The first kappa shape index (κ1) is 11.7. The zero-order chi connectivity index (χ0) is 12.3. The number of hydrogen-bond donors (Lipinski definition) is 4. The van der Waals surface area contributed by atoms with Crippen LogP contribution in [0, 0.1) is 0 Å². The lowest BCUT2D eigenvalue weighted by molar-refractivity contribution is 0.288.